The van der Waals surface area contributed by atoms with Crippen LogP contribution in [0.4, 0.5) is 18.9 Å². The summed E-state index contributed by atoms with van der Waals surface area (Å²) in [5, 5.41) is 0. The van der Waals surface area contributed by atoms with Crippen LogP contribution in [0.25, 0.3) is 0 Å². The van der Waals surface area contributed by atoms with E-state index in [9.17, 15) is 21.6 Å². The number of benzene rings is 1. The van der Waals surface area contributed by atoms with Crippen molar-refractivity contribution in [3.63, 3.8) is 0 Å². The van der Waals surface area contributed by atoms with Gasteiger partial charge in [0.1, 0.15) is 5.75 Å². The van der Waals surface area contributed by atoms with Gasteiger partial charge in [-0.3, -0.25) is 0 Å². The highest BCUT2D eigenvalue weighted by molar-refractivity contribution is 7.88. The number of nitrogen functional groups attached to an aromatic ring is 1. The van der Waals surface area contributed by atoms with E-state index in [4.69, 9.17) is 5.73 Å². The van der Waals surface area contributed by atoms with Gasteiger partial charge in [0.05, 0.1) is 0 Å². The molecule has 0 atom stereocenters. The Balaban J connectivity index is 3.19. The van der Waals surface area contributed by atoms with E-state index in [1.807, 2.05) is 0 Å². The first-order valence-corrected chi connectivity index (χ1v) is 5.83. The molecule has 0 aliphatic heterocycles. The summed E-state index contributed by atoms with van der Waals surface area (Å²) in [6.45, 7) is 2.98. The van der Waals surface area contributed by atoms with E-state index >= 15 is 0 Å². The van der Waals surface area contributed by atoms with Gasteiger partial charge < -0.3 is 9.92 Å². The summed E-state index contributed by atoms with van der Waals surface area (Å²) in [4.78, 5) is 0. The molecule has 4 nitrogen and oxygen atoms in total. The SMILES string of the molecule is Cc1c(N)ccc(OS(=O)(=O)C(F)(F)F)c1C. The topological polar surface area (TPSA) is 69.4 Å². The Morgan fingerprint density at radius 1 is 1.18 bits per heavy atom. The fraction of sp³-hybridized carbons (Fsp3) is 0.333. The van der Waals surface area contributed by atoms with E-state index in [1.165, 1.54) is 13.0 Å². The van der Waals surface area contributed by atoms with Crippen molar-refractivity contribution in [1.82, 2.24) is 0 Å². The van der Waals surface area contributed by atoms with Crippen LogP contribution in [0.1, 0.15) is 11.1 Å². The van der Waals surface area contributed by atoms with Crippen LogP contribution in [0, 0.1) is 13.8 Å². The predicted molar refractivity (Wildman–Crippen MR) is 55.9 cm³/mol. The van der Waals surface area contributed by atoms with Gasteiger partial charge in [-0.15, -0.1) is 0 Å². The molecule has 0 amide bonds. The molecule has 0 aromatic heterocycles. The molecule has 0 heterocycles. The summed E-state index contributed by atoms with van der Waals surface area (Å²) >= 11 is 0. The van der Waals surface area contributed by atoms with Crippen LogP contribution in [-0.2, 0) is 10.1 Å². The fourth-order valence-electron chi connectivity index (χ4n) is 1.07. The monoisotopic (exact) mass is 269 g/mol. The van der Waals surface area contributed by atoms with Gasteiger partial charge in [-0.05, 0) is 37.1 Å². The van der Waals surface area contributed by atoms with E-state index in [1.54, 1.807) is 6.92 Å². The summed E-state index contributed by atoms with van der Waals surface area (Å²) < 4.78 is 61.9. The Kier molecular flexibility index (Phi) is 3.28. The Bertz CT molecular complexity index is 537. The lowest BCUT2D eigenvalue weighted by atomic mass is 10.1. The van der Waals surface area contributed by atoms with E-state index in [0.29, 0.717) is 11.3 Å². The normalized spacial score (nSPS) is 12.5. The summed E-state index contributed by atoms with van der Waals surface area (Å²) in [6.07, 6.45) is 0. The highest BCUT2D eigenvalue weighted by Gasteiger charge is 2.48. The molecule has 1 aromatic rings. The minimum absolute atomic E-state index is 0.248. The molecule has 0 spiro atoms. The van der Waals surface area contributed by atoms with Crippen LogP contribution >= 0.6 is 0 Å². The van der Waals surface area contributed by atoms with Crippen molar-refractivity contribution >= 4 is 15.8 Å². The molecular weight excluding hydrogens is 259 g/mol. The molecule has 0 radical (unpaired) electrons. The van der Waals surface area contributed by atoms with Crippen LogP contribution in [0.5, 0.6) is 5.75 Å². The van der Waals surface area contributed by atoms with Gasteiger partial charge in [0.2, 0.25) is 0 Å². The molecule has 96 valence electrons. The number of alkyl halides is 3. The van der Waals surface area contributed by atoms with E-state index in [2.05, 4.69) is 4.18 Å². The van der Waals surface area contributed by atoms with E-state index in [-0.39, 0.29) is 11.3 Å². The Morgan fingerprint density at radius 2 is 1.71 bits per heavy atom. The van der Waals surface area contributed by atoms with Crippen molar-refractivity contribution in [3.05, 3.63) is 23.3 Å². The Morgan fingerprint density at radius 3 is 2.18 bits per heavy atom. The molecule has 0 aliphatic carbocycles. The van der Waals surface area contributed by atoms with E-state index < -0.39 is 15.6 Å². The van der Waals surface area contributed by atoms with Crippen molar-refractivity contribution in [2.24, 2.45) is 0 Å². The fourth-order valence-corrected chi connectivity index (χ4v) is 1.58. The largest absolute Gasteiger partial charge is 0.534 e. The predicted octanol–water partition coefficient (Wildman–Crippen LogP) is 2.11. The Labute approximate surface area is 96.3 Å². The van der Waals surface area contributed by atoms with Gasteiger partial charge in [0, 0.05) is 5.69 Å². The smallest absolute Gasteiger partial charge is 0.399 e. The van der Waals surface area contributed by atoms with Crippen molar-refractivity contribution in [1.29, 1.82) is 0 Å². The van der Waals surface area contributed by atoms with Gasteiger partial charge in [0.25, 0.3) is 0 Å². The minimum Gasteiger partial charge on any atom is -0.399 e. The molecule has 17 heavy (non-hydrogen) atoms. The van der Waals surface area contributed by atoms with Gasteiger partial charge in [-0.2, -0.15) is 21.6 Å². The first-order valence-electron chi connectivity index (χ1n) is 4.42. The van der Waals surface area contributed by atoms with Crippen LogP contribution in [0.2, 0.25) is 0 Å². The van der Waals surface area contributed by atoms with Gasteiger partial charge >= 0.3 is 15.6 Å². The standard InChI is InChI=1S/C9H10F3NO3S/c1-5-6(2)8(4-3-7(5)13)16-17(14,15)9(10,11)12/h3-4H,13H2,1-2H3. The van der Waals surface area contributed by atoms with E-state index in [0.717, 1.165) is 6.07 Å². The lowest BCUT2D eigenvalue weighted by Gasteiger charge is -2.13. The molecular formula is C9H10F3NO3S. The number of anilines is 1. The summed E-state index contributed by atoms with van der Waals surface area (Å²) in [6, 6.07) is 2.37. The molecule has 1 aromatic carbocycles. The van der Waals surface area contributed by atoms with Gasteiger partial charge in [-0.25, -0.2) is 0 Å². The van der Waals surface area contributed by atoms with Crippen LogP contribution in [0.3, 0.4) is 0 Å². The quantitative estimate of drug-likeness (QED) is 0.507. The molecule has 0 fully saturated rings. The van der Waals surface area contributed by atoms with Crippen LogP contribution < -0.4 is 9.92 Å². The number of hydrogen-bond acceptors (Lipinski definition) is 4. The third-order valence-corrected chi connectivity index (χ3v) is 3.23. The molecule has 0 aliphatic rings. The third-order valence-electron chi connectivity index (χ3n) is 2.26. The molecule has 0 unspecified atom stereocenters. The first kappa shape index (κ1) is 13.6. The molecule has 2 N–H and O–H groups in total. The second kappa shape index (κ2) is 4.10. The number of rotatable bonds is 2. The number of hydrogen-bond donors (Lipinski definition) is 1. The average molecular weight is 269 g/mol. The van der Waals surface area contributed by atoms with Crippen molar-refractivity contribution in [2.75, 3.05) is 5.73 Å². The maximum Gasteiger partial charge on any atom is 0.534 e. The maximum absolute atomic E-state index is 12.1. The molecule has 0 saturated carbocycles. The van der Waals surface area contributed by atoms with Gasteiger partial charge in [-0.1, -0.05) is 0 Å². The zero-order valence-electron chi connectivity index (χ0n) is 9.00. The molecule has 0 saturated heterocycles. The highest BCUT2D eigenvalue weighted by Crippen LogP contribution is 2.31. The van der Waals surface area contributed by atoms with Crippen molar-refractivity contribution in [3.8, 4) is 5.75 Å². The number of nitrogens with two attached hydrogens (primary N) is 1. The first-order chi connectivity index (χ1) is 7.56. The van der Waals surface area contributed by atoms with Crippen molar-refractivity contribution < 1.29 is 25.8 Å². The maximum atomic E-state index is 12.1. The summed E-state index contributed by atoms with van der Waals surface area (Å²) in [7, 11) is -5.64. The molecule has 0 bridgehead atoms. The highest BCUT2D eigenvalue weighted by atomic mass is 32.2. The Hall–Kier alpha value is -1.44. The summed E-state index contributed by atoms with van der Waals surface area (Å²) in [5.74, 6) is -0.381. The second-order valence-corrected chi connectivity index (χ2v) is 4.92. The average Bonchev–Trinajstić information content (AvgIpc) is 2.17. The van der Waals surface area contributed by atoms with Crippen molar-refractivity contribution in [2.45, 2.75) is 19.4 Å². The lowest BCUT2D eigenvalue weighted by Crippen LogP contribution is -2.28. The molecule has 1 rings (SSSR count). The second-order valence-electron chi connectivity index (χ2n) is 3.39. The van der Waals surface area contributed by atoms with Crippen LogP contribution in [0.15, 0.2) is 12.1 Å². The minimum atomic E-state index is -5.64. The summed E-state index contributed by atoms with van der Waals surface area (Å²) in [5.41, 5.74) is 1.13. The van der Waals surface area contributed by atoms with Crippen LogP contribution in [-0.4, -0.2) is 13.9 Å². The lowest BCUT2D eigenvalue weighted by molar-refractivity contribution is -0.0500. The zero-order valence-corrected chi connectivity index (χ0v) is 9.82. The zero-order chi connectivity index (χ0) is 13.4. The molecule has 8 heteroatoms. The third kappa shape index (κ3) is 2.63. The van der Waals surface area contributed by atoms with Gasteiger partial charge in [0.15, 0.2) is 0 Å². The number of halogens is 3.